The van der Waals surface area contributed by atoms with Gasteiger partial charge in [-0.15, -0.1) is 11.3 Å². The molecule has 1 aromatic rings. The second kappa shape index (κ2) is 7.98. The molecule has 108 valence electrons. The molecule has 1 aromatic heterocycles. The first-order chi connectivity index (χ1) is 8.97. The van der Waals surface area contributed by atoms with Gasteiger partial charge in [-0.3, -0.25) is 4.79 Å². The van der Waals surface area contributed by atoms with Crippen LogP contribution in [0.2, 0.25) is 0 Å². The van der Waals surface area contributed by atoms with Gasteiger partial charge in [-0.1, -0.05) is 6.42 Å². The lowest BCUT2D eigenvalue weighted by molar-refractivity contribution is -0.140. The summed E-state index contributed by atoms with van der Waals surface area (Å²) in [6.45, 7) is 0.369. The maximum absolute atomic E-state index is 11.9. The number of hydrogen-bond donors (Lipinski definition) is 1. The number of ether oxygens (including phenoxy) is 1. The van der Waals surface area contributed by atoms with Gasteiger partial charge in [0.25, 0.3) is 10.0 Å². The van der Waals surface area contributed by atoms with Gasteiger partial charge in [0.2, 0.25) is 0 Å². The van der Waals surface area contributed by atoms with Crippen LogP contribution in [0.5, 0.6) is 0 Å². The smallest absolute Gasteiger partial charge is 0.305 e. The van der Waals surface area contributed by atoms with Gasteiger partial charge in [0, 0.05) is 17.4 Å². The number of methoxy groups -OCH3 is 1. The van der Waals surface area contributed by atoms with E-state index in [2.05, 4.69) is 25.4 Å². The third kappa shape index (κ3) is 5.60. The number of halogens is 1. The first-order valence-electron chi connectivity index (χ1n) is 5.77. The predicted octanol–water partition coefficient (Wildman–Crippen LogP) is 2.52. The quantitative estimate of drug-likeness (QED) is 0.564. The Kier molecular flexibility index (Phi) is 6.98. The van der Waals surface area contributed by atoms with Crippen LogP contribution >= 0.6 is 27.3 Å². The summed E-state index contributed by atoms with van der Waals surface area (Å²) in [6, 6.07) is 1.70. The molecule has 0 aliphatic rings. The molecule has 0 atom stereocenters. The Morgan fingerprint density at radius 3 is 2.74 bits per heavy atom. The van der Waals surface area contributed by atoms with Crippen molar-refractivity contribution < 1.29 is 17.9 Å². The van der Waals surface area contributed by atoms with Crippen LogP contribution in [0.3, 0.4) is 0 Å². The van der Waals surface area contributed by atoms with Crippen LogP contribution in [0, 0.1) is 0 Å². The van der Waals surface area contributed by atoms with E-state index in [-0.39, 0.29) is 5.97 Å². The van der Waals surface area contributed by atoms with Gasteiger partial charge in [0.1, 0.15) is 4.21 Å². The third-order valence-corrected chi connectivity index (χ3v) is 6.54. The minimum atomic E-state index is -3.43. The molecule has 0 aromatic carbocycles. The van der Waals surface area contributed by atoms with Crippen LogP contribution in [0.15, 0.2) is 20.1 Å². The molecule has 0 saturated carbocycles. The maximum Gasteiger partial charge on any atom is 0.305 e. The average molecular weight is 370 g/mol. The monoisotopic (exact) mass is 369 g/mol. The summed E-state index contributed by atoms with van der Waals surface area (Å²) >= 11 is 4.37. The number of nitrogens with one attached hydrogen (secondary N) is 1. The van der Waals surface area contributed by atoms with E-state index in [1.54, 1.807) is 11.4 Å². The molecule has 1 N–H and O–H groups in total. The molecule has 19 heavy (non-hydrogen) atoms. The van der Waals surface area contributed by atoms with E-state index in [0.717, 1.165) is 6.42 Å². The van der Waals surface area contributed by atoms with E-state index in [1.807, 2.05) is 0 Å². The lowest BCUT2D eigenvalue weighted by Crippen LogP contribution is -2.24. The first kappa shape index (κ1) is 16.6. The van der Waals surface area contributed by atoms with Gasteiger partial charge in [-0.05, 0) is 40.2 Å². The molecule has 5 nitrogen and oxygen atoms in total. The highest BCUT2D eigenvalue weighted by Gasteiger charge is 2.18. The highest BCUT2D eigenvalue weighted by Crippen LogP contribution is 2.27. The van der Waals surface area contributed by atoms with Crippen molar-refractivity contribution in [2.24, 2.45) is 0 Å². The van der Waals surface area contributed by atoms with Gasteiger partial charge in [-0.2, -0.15) is 0 Å². The topological polar surface area (TPSA) is 72.5 Å². The van der Waals surface area contributed by atoms with Crippen molar-refractivity contribution in [3.63, 3.8) is 0 Å². The summed E-state index contributed by atoms with van der Waals surface area (Å²) in [7, 11) is -2.07. The average Bonchev–Trinajstić information content (AvgIpc) is 2.80. The number of carbonyl (C=O) groups excluding carboxylic acids is 1. The molecule has 0 unspecified atom stereocenters. The Morgan fingerprint density at radius 1 is 1.42 bits per heavy atom. The third-order valence-electron chi connectivity index (χ3n) is 2.41. The zero-order chi connectivity index (χ0) is 14.3. The number of thiophene rings is 1. The largest absolute Gasteiger partial charge is 0.469 e. The Morgan fingerprint density at radius 2 is 2.16 bits per heavy atom. The predicted molar refractivity (Wildman–Crippen MR) is 77.7 cm³/mol. The van der Waals surface area contributed by atoms with E-state index >= 15 is 0 Å². The molecule has 1 heterocycles. The van der Waals surface area contributed by atoms with Crippen molar-refractivity contribution in [3.8, 4) is 0 Å². The van der Waals surface area contributed by atoms with Crippen LogP contribution in [0.25, 0.3) is 0 Å². The fourth-order valence-electron chi connectivity index (χ4n) is 1.42. The Labute approximate surface area is 125 Å². The molecule has 0 fully saturated rings. The summed E-state index contributed by atoms with van der Waals surface area (Å²) in [6.07, 6.45) is 2.55. The maximum atomic E-state index is 11.9. The Bertz CT molecular complexity index is 513. The Hall–Kier alpha value is -0.440. The van der Waals surface area contributed by atoms with Gasteiger partial charge in [-0.25, -0.2) is 13.1 Å². The van der Waals surface area contributed by atoms with Crippen LogP contribution in [-0.2, 0) is 19.6 Å². The van der Waals surface area contributed by atoms with E-state index in [4.69, 9.17) is 0 Å². The van der Waals surface area contributed by atoms with E-state index < -0.39 is 10.0 Å². The number of unbranched alkanes of at least 4 members (excludes halogenated alkanes) is 2. The van der Waals surface area contributed by atoms with Gasteiger partial charge in [0.15, 0.2) is 0 Å². The molecular formula is C11H16BrNO4S2. The molecule has 8 heteroatoms. The van der Waals surface area contributed by atoms with Crippen LogP contribution in [0.1, 0.15) is 25.7 Å². The summed E-state index contributed by atoms with van der Waals surface area (Å²) < 4.78 is 31.7. The zero-order valence-corrected chi connectivity index (χ0v) is 13.7. The molecule has 0 bridgehead atoms. The molecule has 0 saturated heterocycles. The number of carbonyl (C=O) groups is 1. The molecule has 0 radical (unpaired) electrons. The highest BCUT2D eigenvalue weighted by molar-refractivity contribution is 9.10. The fourth-order valence-corrected chi connectivity index (χ4v) is 4.87. The molecule has 0 spiro atoms. The molecule has 0 amide bonds. The summed E-state index contributed by atoms with van der Waals surface area (Å²) in [5.74, 6) is -0.233. The van der Waals surface area contributed by atoms with Crippen LogP contribution < -0.4 is 4.72 Å². The Balaban J connectivity index is 2.26. The van der Waals surface area contributed by atoms with Crippen molar-refractivity contribution in [2.75, 3.05) is 13.7 Å². The zero-order valence-electron chi connectivity index (χ0n) is 10.5. The van der Waals surface area contributed by atoms with Crippen LogP contribution in [-0.4, -0.2) is 28.0 Å². The minimum Gasteiger partial charge on any atom is -0.469 e. The number of hydrogen-bond acceptors (Lipinski definition) is 5. The SMILES string of the molecule is COC(=O)CCCCCNS(=O)(=O)c1sccc1Br. The molecule has 0 aliphatic carbocycles. The second-order valence-electron chi connectivity index (χ2n) is 3.84. The number of rotatable bonds is 8. The van der Waals surface area contributed by atoms with E-state index in [9.17, 15) is 13.2 Å². The summed E-state index contributed by atoms with van der Waals surface area (Å²) in [5, 5.41) is 1.72. The van der Waals surface area contributed by atoms with Crippen molar-refractivity contribution in [1.82, 2.24) is 4.72 Å². The summed E-state index contributed by atoms with van der Waals surface area (Å²) in [4.78, 5) is 10.9. The molecular weight excluding hydrogens is 354 g/mol. The van der Waals surface area contributed by atoms with Gasteiger partial charge in [0.05, 0.1) is 7.11 Å². The minimum absolute atomic E-state index is 0.233. The standard InChI is InChI=1S/C11H16BrNO4S2/c1-17-10(14)5-3-2-4-7-13-19(15,16)11-9(12)6-8-18-11/h6,8,13H,2-5,7H2,1H3. The lowest BCUT2D eigenvalue weighted by atomic mass is 10.2. The van der Waals surface area contributed by atoms with E-state index in [1.165, 1.54) is 18.4 Å². The highest BCUT2D eigenvalue weighted by atomic mass is 79.9. The van der Waals surface area contributed by atoms with Gasteiger partial charge >= 0.3 is 5.97 Å². The van der Waals surface area contributed by atoms with Crippen molar-refractivity contribution in [1.29, 1.82) is 0 Å². The normalized spacial score (nSPS) is 11.5. The van der Waals surface area contributed by atoms with Gasteiger partial charge < -0.3 is 4.74 Å². The number of sulfonamides is 1. The van der Waals surface area contributed by atoms with E-state index in [0.29, 0.717) is 34.5 Å². The fraction of sp³-hybridized carbons (Fsp3) is 0.545. The van der Waals surface area contributed by atoms with Crippen LogP contribution in [0.4, 0.5) is 0 Å². The van der Waals surface area contributed by atoms with Crippen molar-refractivity contribution in [3.05, 3.63) is 15.9 Å². The van der Waals surface area contributed by atoms with Crippen molar-refractivity contribution >= 4 is 43.3 Å². The number of esters is 1. The second-order valence-corrected chi connectivity index (χ2v) is 7.57. The molecule has 1 rings (SSSR count). The van der Waals surface area contributed by atoms with Crippen molar-refractivity contribution in [2.45, 2.75) is 29.9 Å². The lowest BCUT2D eigenvalue weighted by Gasteiger charge is -2.05. The summed E-state index contributed by atoms with van der Waals surface area (Å²) in [5.41, 5.74) is 0. The molecule has 0 aliphatic heterocycles. The first-order valence-corrected chi connectivity index (χ1v) is 8.92.